The van der Waals surface area contributed by atoms with Gasteiger partial charge in [-0.2, -0.15) is 0 Å². The third kappa shape index (κ3) is 4.38. The number of piperidine rings is 1. The first kappa shape index (κ1) is 15.1. The van der Waals surface area contributed by atoms with Crippen molar-refractivity contribution in [2.75, 3.05) is 26.2 Å². The Labute approximate surface area is 127 Å². The number of amidine groups is 1. The Morgan fingerprint density at radius 1 is 1.45 bits per heavy atom. The number of rotatable bonds is 5. The molecule has 0 amide bonds. The summed E-state index contributed by atoms with van der Waals surface area (Å²) in [5.74, 6) is 1.45. The van der Waals surface area contributed by atoms with Crippen molar-refractivity contribution in [2.45, 2.75) is 12.8 Å². The summed E-state index contributed by atoms with van der Waals surface area (Å²) in [5, 5.41) is 11.8. The summed E-state index contributed by atoms with van der Waals surface area (Å²) in [6.45, 7) is 3.49. The van der Waals surface area contributed by atoms with Gasteiger partial charge in [0.1, 0.15) is 18.2 Å². The van der Waals surface area contributed by atoms with Gasteiger partial charge in [-0.25, -0.2) is 0 Å². The zero-order chi connectivity index (χ0) is 14.4. The first-order chi connectivity index (χ1) is 9.69. The van der Waals surface area contributed by atoms with Crippen LogP contribution in [0.3, 0.4) is 0 Å². The second-order valence-electron chi connectivity index (χ2n) is 4.95. The van der Waals surface area contributed by atoms with Crippen LogP contribution in [0.15, 0.2) is 33.9 Å². The fourth-order valence-electron chi connectivity index (χ4n) is 2.38. The number of halogens is 1. The molecular weight excluding hydrogens is 322 g/mol. The SMILES string of the molecule is NC(=NO)C1CCN(CCOc2cccc(Br)c2)CC1. The molecule has 1 aliphatic rings. The molecule has 0 radical (unpaired) electrons. The van der Waals surface area contributed by atoms with Crippen molar-refractivity contribution in [3.05, 3.63) is 28.7 Å². The van der Waals surface area contributed by atoms with E-state index in [0.29, 0.717) is 12.4 Å². The minimum Gasteiger partial charge on any atom is -0.492 e. The van der Waals surface area contributed by atoms with Gasteiger partial charge >= 0.3 is 0 Å². The van der Waals surface area contributed by atoms with Gasteiger partial charge in [0.2, 0.25) is 0 Å². The summed E-state index contributed by atoms with van der Waals surface area (Å²) in [4.78, 5) is 2.35. The molecule has 0 unspecified atom stereocenters. The molecule has 0 saturated carbocycles. The molecule has 0 bridgehead atoms. The van der Waals surface area contributed by atoms with Crippen molar-refractivity contribution >= 4 is 21.8 Å². The standard InChI is InChI=1S/C14H20BrN3O2/c15-12-2-1-3-13(10-12)20-9-8-18-6-4-11(5-7-18)14(16)17-19/h1-3,10-11,19H,4-9H2,(H2,16,17). The van der Waals surface area contributed by atoms with E-state index >= 15 is 0 Å². The van der Waals surface area contributed by atoms with Gasteiger partial charge in [-0.3, -0.25) is 4.90 Å². The Bertz CT molecular complexity index is 459. The van der Waals surface area contributed by atoms with E-state index in [1.54, 1.807) is 0 Å². The minimum atomic E-state index is 0.210. The number of hydrogen-bond donors (Lipinski definition) is 2. The topological polar surface area (TPSA) is 71.1 Å². The van der Waals surface area contributed by atoms with E-state index in [9.17, 15) is 0 Å². The Balaban J connectivity index is 1.69. The van der Waals surface area contributed by atoms with Crippen molar-refractivity contribution in [1.29, 1.82) is 0 Å². The maximum absolute atomic E-state index is 8.67. The monoisotopic (exact) mass is 341 g/mol. The van der Waals surface area contributed by atoms with Gasteiger partial charge in [-0.05, 0) is 44.1 Å². The first-order valence-corrected chi connectivity index (χ1v) is 7.56. The molecule has 1 aromatic carbocycles. The molecule has 2 rings (SSSR count). The number of benzene rings is 1. The van der Waals surface area contributed by atoms with Crippen LogP contribution < -0.4 is 10.5 Å². The quantitative estimate of drug-likeness (QED) is 0.373. The van der Waals surface area contributed by atoms with Crippen LogP contribution in [0.5, 0.6) is 5.75 Å². The highest BCUT2D eigenvalue weighted by Crippen LogP contribution is 2.19. The van der Waals surface area contributed by atoms with Crippen molar-refractivity contribution in [2.24, 2.45) is 16.8 Å². The van der Waals surface area contributed by atoms with Gasteiger partial charge in [-0.15, -0.1) is 0 Å². The second-order valence-corrected chi connectivity index (χ2v) is 5.86. The lowest BCUT2D eigenvalue weighted by molar-refractivity contribution is 0.169. The molecule has 0 aromatic heterocycles. The Hall–Kier alpha value is -1.27. The van der Waals surface area contributed by atoms with E-state index in [0.717, 1.165) is 42.7 Å². The summed E-state index contributed by atoms with van der Waals surface area (Å²) in [6.07, 6.45) is 1.87. The van der Waals surface area contributed by atoms with Gasteiger partial charge in [0.25, 0.3) is 0 Å². The predicted molar refractivity (Wildman–Crippen MR) is 82.2 cm³/mol. The Kier molecular flexibility index (Phi) is 5.67. The number of likely N-dealkylation sites (tertiary alicyclic amines) is 1. The molecule has 0 atom stereocenters. The highest BCUT2D eigenvalue weighted by molar-refractivity contribution is 9.10. The lowest BCUT2D eigenvalue weighted by atomic mass is 9.96. The van der Waals surface area contributed by atoms with Crippen LogP contribution in [0, 0.1) is 5.92 Å². The van der Waals surface area contributed by atoms with E-state index in [4.69, 9.17) is 15.7 Å². The molecule has 1 heterocycles. The number of nitrogens with zero attached hydrogens (tertiary/aromatic N) is 2. The first-order valence-electron chi connectivity index (χ1n) is 6.77. The van der Waals surface area contributed by atoms with Crippen molar-refractivity contribution in [3.8, 4) is 5.75 Å². The highest BCUT2D eigenvalue weighted by atomic mass is 79.9. The third-order valence-electron chi connectivity index (χ3n) is 3.59. The summed E-state index contributed by atoms with van der Waals surface area (Å²) in [5.41, 5.74) is 5.64. The normalized spacial score (nSPS) is 18.1. The van der Waals surface area contributed by atoms with Crippen molar-refractivity contribution in [1.82, 2.24) is 4.90 Å². The van der Waals surface area contributed by atoms with Crippen molar-refractivity contribution in [3.63, 3.8) is 0 Å². The lowest BCUT2D eigenvalue weighted by Crippen LogP contribution is -2.40. The summed E-state index contributed by atoms with van der Waals surface area (Å²) < 4.78 is 6.75. The van der Waals surface area contributed by atoms with Crippen LogP contribution in [0.25, 0.3) is 0 Å². The van der Waals surface area contributed by atoms with Crippen LogP contribution in [-0.4, -0.2) is 42.2 Å². The van der Waals surface area contributed by atoms with E-state index in [1.807, 2.05) is 24.3 Å². The average molecular weight is 342 g/mol. The Morgan fingerprint density at radius 3 is 2.85 bits per heavy atom. The molecule has 1 aliphatic heterocycles. The average Bonchev–Trinajstić information content (AvgIpc) is 2.47. The Morgan fingerprint density at radius 2 is 2.20 bits per heavy atom. The second kappa shape index (κ2) is 7.50. The fourth-order valence-corrected chi connectivity index (χ4v) is 2.76. The third-order valence-corrected chi connectivity index (χ3v) is 4.09. The fraction of sp³-hybridized carbons (Fsp3) is 0.500. The molecule has 1 aromatic rings. The molecule has 0 aliphatic carbocycles. The molecular formula is C14H20BrN3O2. The number of hydrogen-bond acceptors (Lipinski definition) is 4. The van der Waals surface area contributed by atoms with Crippen LogP contribution in [-0.2, 0) is 0 Å². The van der Waals surface area contributed by atoms with E-state index < -0.39 is 0 Å². The predicted octanol–water partition coefficient (Wildman–Crippen LogP) is 2.29. The number of ether oxygens (including phenoxy) is 1. The van der Waals surface area contributed by atoms with Gasteiger partial charge in [0.05, 0.1) is 0 Å². The van der Waals surface area contributed by atoms with Crippen LogP contribution in [0.4, 0.5) is 0 Å². The molecule has 1 fully saturated rings. The lowest BCUT2D eigenvalue weighted by Gasteiger charge is -2.31. The largest absolute Gasteiger partial charge is 0.492 e. The number of nitrogens with two attached hydrogens (primary N) is 1. The molecule has 20 heavy (non-hydrogen) atoms. The molecule has 1 saturated heterocycles. The van der Waals surface area contributed by atoms with Gasteiger partial charge in [0.15, 0.2) is 0 Å². The molecule has 6 heteroatoms. The van der Waals surface area contributed by atoms with E-state index in [1.165, 1.54) is 0 Å². The smallest absolute Gasteiger partial charge is 0.142 e. The number of oxime groups is 1. The van der Waals surface area contributed by atoms with Gasteiger partial charge in [0, 0.05) is 16.9 Å². The molecule has 5 nitrogen and oxygen atoms in total. The highest BCUT2D eigenvalue weighted by Gasteiger charge is 2.21. The van der Waals surface area contributed by atoms with Crippen LogP contribution >= 0.6 is 15.9 Å². The van der Waals surface area contributed by atoms with Crippen LogP contribution in [0.2, 0.25) is 0 Å². The maximum atomic E-state index is 8.67. The summed E-state index contributed by atoms with van der Waals surface area (Å²) >= 11 is 3.42. The zero-order valence-corrected chi connectivity index (χ0v) is 12.9. The van der Waals surface area contributed by atoms with Gasteiger partial charge in [-0.1, -0.05) is 27.2 Å². The summed E-state index contributed by atoms with van der Waals surface area (Å²) in [6, 6.07) is 7.85. The molecule has 110 valence electrons. The van der Waals surface area contributed by atoms with E-state index in [-0.39, 0.29) is 5.92 Å². The molecule has 0 spiro atoms. The molecule has 3 N–H and O–H groups in total. The zero-order valence-electron chi connectivity index (χ0n) is 11.3. The van der Waals surface area contributed by atoms with Crippen LogP contribution in [0.1, 0.15) is 12.8 Å². The van der Waals surface area contributed by atoms with Gasteiger partial charge < -0.3 is 15.7 Å². The maximum Gasteiger partial charge on any atom is 0.142 e. The minimum absolute atomic E-state index is 0.210. The summed E-state index contributed by atoms with van der Waals surface area (Å²) in [7, 11) is 0. The van der Waals surface area contributed by atoms with E-state index in [2.05, 4.69) is 26.0 Å². The van der Waals surface area contributed by atoms with Crippen molar-refractivity contribution < 1.29 is 9.94 Å².